The van der Waals surface area contributed by atoms with Crippen molar-refractivity contribution in [3.8, 4) is 11.8 Å². The van der Waals surface area contributed by atoms with E-state index in [2.05, 4.69) is 26.7 Å². The van der Waals surface area contributed by atoms with Crippen LogP contribution < -0.4 is 10.5 Å². The predicted molar refractivity (Wildman–Crippen MR) is 104 cm³/mol. The number of fused-ring (bicyclic) bond motifs is 1. The van der Waals surface area contributed by atoms with Crippen LogP contribution in [0.3, 0.4) is 0 Å². The number of rotatable bonds is 3. The van der Waals surface area contributed by atoms with Gasteiger partial charge in [-0.05, 0) is 24.3 Å². The number of aromatic nitrogens is 1. The lowest BCUT2D eigenvalue weighted by Gasteiger charge is -2.06. The molecular formula is C19H16N4O2S. The molecule has 130 valence electrons. The van der Waals surface area contributed by atoms with Crippen LogP contribution >= 0.6 is 0 Å². The molecule has 0 amide bonds. The summed E-state index contributed by atoms with van der Waals surface area (Å²) in [5, 5.41) is 12.7. The van der Waals surface area contributed by atoms with Crippen LogP contribution in [0.25, 0.3) is 10.9 Å². The van der Waals surface area contributed by atoms with Gasteiger partial charge in [-0.15, -0.1) is 0 Å². The number of amidine groups is 1. The Morgan fingerprint density at radius 2 is 2.00 bits per heavy atom. The standard InChI is InChI=1S/C19H16N4O2S/c1-26(25)23-18-12-14(16-7-2-3-8-17(16)21-18)10-9-13-5-4-6-15(11-13)19(20)22-24/h2-8,11-12,24H,1H3,(H2,20,22)(H,21,23). The predicted octanol–water partition coefficient (Wildman–Crippen LogP) is 2.43. The fraction of sp³-hybridized carbons (Fsp3) is 0.0526. The Hall–Kier alpha value is -3.37. The third kappa shape index (κ3) is 3.99. The molecule has 3 rings (SSSR count). The zero-order valence-electron chi connectivity index (χ0n) is 13.9. The SMILES string of the molecule is CS(=O)Nc1cc(C#Cc2cccc(/C(N)=N/O)c2)c2ccccc2n1. The number of nitrogens with one attached hydrogen (secondary N) is 1. The van der Waals surface area contributed by atoms with Crippen LogP contribution in [-0.4, -0.2) is 26.5 Å². The van der Waals surface area contributed by atoms with Gasteiger partial charge in [-0.1, -0.05) is 47.3 Å². The lowest BCUT2D eigenvalue weighted by Crippen LogP contribution is -2.12. The number of benzene rings is 2. The number of oxime groups is 1. The highest BCUT2D eigenvalue weighted by Gasteiger charge is 2.05. The summed E-state index contributed by atoms with van der Waals surface area (Å²) in [7, 11) is -1.23. The summed E-state index contributed by atoms with van der Waals surface area (Å²) in [5.41, 5.74) is 8.45. The normalized spacial score (nSPS) is 12.3. The molecule has 1 unspecified atom stereocenters. The number of nitrogens with zero attached hydrogens (tertiary/aromatic N) is 2. The van der Waals surface area contributed by atoms with E-state index in [4.69, 9.17) is 10.9 Å². The number of hydrogen-bond donors (Lipinski definition) is 3. The monoisotopic (exact) mass is 364 g/mol. The van der Waals surface area contributed by atoms with E-state index in [-0.39, 0.29) is 5.84 Å². The zero-order chi connectivity index (χ0) is 18.5. The molecule has 0 fully saturated rings. The van der Waals surface area contributed by atoms with Gasteiger partial charge >= 0.3 is 0 Å². The fourth-order valence-electron chi connectivity index (χ4n) is 2.43. The van der Waals surface area contributed by atoms with E-state index in [1.165, 1.54) is 0 Å². The van der Waals surface area contributed by atoms with Gasteiger partial charge in [0.1, 0.15) is 16.8 Å². The molecule has 26 heavy (non-hydrogen) atoms. The largest absolute Gasteiger partial charge is 0.409 e. The van der Waals surface area contributed by atoms with Gasteiger partial charge in [0.2, 0.25) is 0 Å². The molecule has 0 aliphatic carbocycles. The molecule has 0 aliphatic heterocycles. The maximum absolute atomic E-state index is 11.5. The molecule has 0 spiro atoms. The second-order valence-corrected chi connectivity index (χ2v) is 6.56. The van der Waals surface area contributed by atoms with E-state index in [9.17, 15) is 4.21 Å². The molecule has 0 saturated heterocycles. The molecule has 1 atom stereocenters. The van der Waals surface area contributed by atoms with Crippen LogP contribution in [0, 0.1) is 11.8 Å². The molecule has 4 N–H and O–H groups in total. The lowest BCUT2D eigenvalue weighted by molar-refractivity contribution is 0.318. The number of pyridine rings is 1. The molecule has 0 aliphatic rings. The van der Waals surface area contributed by atoms with E-state index >= 15 is 0 Å². The highest BCUT2D eigenvalue weighted by atomic mass is 32.2. The maximum atomic E-state index is 11.5. The minimum atomic E-state index is -1.23. The number of anilines is 1. The third-order valence-corrected chi connectivity index (χ3v) is 4.07. The summed E-state index contributed by atoms with van der Waals surface area (Å²) in [6, 6.07) is 16.5. The Bertz CT molecular complexity index is 1080. The summed E-state index contributed by atoms with van der Waals surface area (Å²) in [6.07, 6.45) is 1.54. The van der Waals surface area contributed by atoms with Crippen LogP contribution in [0.2, 0.25) is 0 Å². The van der Waals surface area contributed by atoms with Gasteiger partial charge in [0.15, 0.2) is 5.84 Å². The molecule has 1 aromatic heterocycles. The van der Waals surface area contributed by atoms with Crippen LogP contribution in [0.15, 0.2) is 59.8 Å². The van der Waals surface area contributed by atoms with Crippen LogP contribution in [0.1, 0.15) is 16.7 Å². The summed E-state index contributed by atoms with van der Waals surface area (Å²) in [6.45, 7) is 0. The number of nitrogens with two attached hydrogens (primary N) is 1. The lowest BCUT2D eigenvalue weighted by atomic mass is 10.1. The molecule has 1 heterocycles. The Labute approximate surface area is 153 Å². The van der Waals surface area contributed by atoms with Crippen molar-refractivity contribution < 1.29 is 9.42 Å². The number of hydrogen-bond acceptors (Lipinski definition) is 4. The van der Waals surface area contributed by atoms with Gasteiger partial charge in [0, 0.05) is 28.3 Å². The van der Waals surface area contributed by atoms with E-state index in [1.54, 1.807) is 30.5 Å². The minimum absolute atomic E-state index is 0.0277. The molecule has 0 radical (unpaired) electrons. The quantitative estimate of drug-likeness (QED) is 0.218. The van der Waals surface area contributed by atoms with Crippen molar-refractivity contribution >= 4 is 33.5 Å². The number of para-hydroxylation sites is 1. The summed E-state index contributed by atoms with van der Waals surface area (Å²) < 4.78 is 14.3. The average Bonchev–Trinajstić information content (AvgIpc) is 2.65. The van der Waals surface area contributed by atoms with E-state index < -0.39 is 11.0 Å². The zero-order valence-corrected chi connectivity index (χ0v) is 14.7. The van der Waals surface area contributed by atoms with E-state index in [1.807, 2.05) is 30.3 Å². The van der Waals surface area contributed by atoms with Gasteiger partial charge in [-0.2, -0.15) is 0 Å². The van der Waals surface area contributed by atoms with Crippen molar-refractivity contribution in [1.82, 2.24) is 4.98 Å². The van der Waals surface area contributed by atoms with Gasteiger partial charge in [0.05, 0.1) is 5.52 Å². The molecule has 7 heteroatoms. The average molecular weight is 364 g/mol. The first-order chi connectivity index (χ1) is 12.6. The Morgan fingerprint density at radius 3 is 2.77 bits per heavy atom. The molecule has 0 saturated carbocycles. The molecular weight excluding hydrogens is 348 g/mol. The van der Waals surface area contributed by atoms with Gasteiger partial charge < -0.3 is 10.9 Å². The Kier molecular flexibility index (Phi) is 5.15. The first kappa shape index (κ1) is 17.5. The van der Waals surface area contributed by atoms with Crippen molar-refractivity contribution in [2.75, 3.05) is 11.0 Å². The minimum Gasteiger partial charge on any atom is -0.409 e. The van der Waals surface area contributed by atoms with Gasteiger partial charge in [-0.3, -0.25) is 4.72 Å². The van der Waals surface area contributed by atoms with Crippen molar-refractivity contribution in [2.45, 2.75) is 0 Å². The Balaban J connectivity index is 2.07. The highest BCUT2D eigenvalue weighted by molar-refractivity contribution is 7.85. The topological polar surface area (TPSA) is 101 Å². The van der Waals surface area contributed by atoms with E-state index in [0.717, 1.165) is 22.0 Å². The third-order valence-electron chi connectivity index (χ3n) is 3.57. The fourth-order valence-corrected chi connectivity index (χ4v) is 2.83. The first-order valence-corrected chi connectivity index (χ1v) is 9.22. The molecule has 0 bridgehead atoms. The smallest absolute Gasteiger partial charge is 0.170 e. The summed E-state index contributed by atoms with van der Waals surface area (Å²) in [4.78, 5) is 4.45. The van der Waals surface area contributed by atoms with Gasteiger partial charge in [-0.25, -0.2) is 9.19 Å². The molecule has 3 aromatic rings. The second kappa shape index (κ2) is 7.68. The van der Waals surface area contributed by atoms with Crippen molar-refractivity contribution in [2.24, 2.45) is 10.9 Å². The molecule has 6 nitrogen and oxygen atoms in total. The second-order valence-electron chi connectivity index (χ2n) is 5.44. The Morgan fingerprint density at radius 1 is 1.19 bits per heavy atom. The summed E-state index contributed by atoms with van der Waals surface area (Å²) in [5.74, 6) is 6.74. The van der Waals surface area contributed by atoms with Crippen LogP contribution in [0.4, 0.5) is 5.82 Å². The maximum Gasteiger partial charge on any atom is 0.170 e. The first-order valence-electron chi connectivity index (χ1n) is 7.66. The van der Waals surface area contributed by atoms with Crippen LogP contribution in [-0.2, 0) is 11.0 Å². The molecule has 2 aromatic carbocycles. The van der Waals surface area contributed by atoms with E-state index in [0.29, 0.717) is 11.4 Å². The van der Waals surface area contributed by atoms with Gasteiger partial charge in [0.25, 0.3) is 0 Å². The van der Waals surface area contributed by atoms with Crippen LogP contribution in [0.5, 0.6) is 0 Å². The van der Waals surface area contributed by atoms with Crippen molar-refractivity contribution in [3.63, 3.8) is 0 Å². The summed E-state index contributed by atoms with van der Waals surface area (Å²) >= 11 is 0. The van der Waals surface area contributed by atoms with Crippen molar-refractivity contribution in [1.29, 1.82) is 0 Å². The highest BCUT2D eigenvalue weighted by Crippen LogP contribution is 2.20. The van der Waals surface area contributed by atoms with Crippen molar-refractivity contribution in [3.05, 3.63) is 71.3 Å².